The van der Waals surface area contributed by atoms with Crippen LogP contribution in [0.4, 0.5) is 10.5 Å². The van der Waals surface area contributed by atoms with Gasteiger partial charge in [-0.3, -0.25) is 9.69 Å². The molecule has 2 amide bonds. The molecule has 0 aliphatic carbocycles. The van der Waals surface area contributed by atoms with Crippen molar-refractivity contribution in [3.63, 3.8) is 0 Å². The van der Waals surface area contributed by atoms with Crippen molar-refractivity contribution in [3.05, 3.63) is 65.7 Å². The number of fused-ring (bicyclic) bond motifs is 3. The first-order chi connectivity index (χ1) is 11.7. The van der Waals surface area contributed by atoms with E-state index in [1.54, 1.807) is 4.90 Å². The van der Waals surface area contributed by atoms with Gasteiger partial charge >= 0.3 is 6.09 Å². The van der Waals surface area contributed by atoms with Crippen LogP contribution in [0, 0.1) is 0 Å². The summed E-state index contributed by atoms with van der Waals surface area (Å²) in [5, 5.41) is 0. The van der Waals surface area contributed by atoms with Crippen LogP contribution in [0.15, 0.2) is 54.6 Å². The minimum atomic E-state index is -0.296. The predicted molar refractivity (Wildman–Crippen MR) is 89.9 cm³/mol. The molecule has 2 aromatic rings. The zero-order valence-electron chi connectivity index (χ0n) is 13.2. The van der Waals surface area contributed by atoms with Crippen LogP contribution in [-0.2, 0) is 11.3 Å². The van der Waals surface area contributed by atoms with E-state index >= 15 is 0 Å². The summed E-state index contributed by atoms with van der Waals surface area (Å²) >= 11 is 0. The summed E-state index contributed by atoms with van der Waals surface area (Å²) in [6.07, 6.45) is 0.411. The van der Waals surface area contributed by atoms with Gasteiger partial charge in [0.15, 0.2) is 0 Å². The maximum atomic E-state index is 12.8. The van der Waals surface area contributed by atoms with Crippen LogP contribution in [0.5, 0.6) is 0 Å². The maximum Gasteiger partial charge on any atom is 0.414 e. The number of carbonyl (C=O) groups is 2. The Hall–Kier alpha value is -2.82. The molecule has 0 spiro atoms. The van der Waals surface area contributed by atoms with Gasteiger partial charge in [-0.1, -0.05) is 36.4 Å². The molecule has 0 aromatic heterocycles. The number of rotatable bonds is 1. The molecular formula is C19H18N2O3. The molecule has 0 N–H and O–H groups in total. The molecule has 24 heavy (non-hydrogen) atoms. The largest absolute Gasteiger partial charge is 0.447 e. The van der Waals surface area contributed by atoms with Crippen LogP contribution < -0.4 is 4.90 Å². The Labute approximate surface area is 140 Å². The van der Waals surface area contributed by atoms with Gasteiger partial charge in [0.25, 0.3) is 5.91 Å². The van der Waals surface area contributed by atoms with Gasteiger partial charge in [-0.15, -0.1) is 0 Å². The molecule has 5 heteroatoms. The molecule has 2 aliphatic rings. The Morgan fingerprint density at radius 3 is 2.62 bits per heavy atom. The number of nitrogens with zero attached hydrogens (tertiary/aromatic N) is 2. The summed E-state index contributed by atoms with van der Waals surface area (Å²) in [4.78, 5) is 28.5. The van der Waals surface area contributed by atoms with E-state index in [4.69, 9.17) is 4.74 Å². The topological polar surface area (TPSA) is 49.9 Å². The summed E-state index contributed by atoms with van der Waals surface area (Å²) in [5.41, 5.74) is 2.49. The number of hydrogen-bond acceptors (Lipinski definition) is 3. The first-order valence-electron chi connectivity index (χ1n) is 8.12. The van der Waals surface area contributed by atoms with Gasteiger partial charge < -0.3 is 9.64 Å². The minimum Gasteiger partial charge on any atom is -0.447 e. The SMILES string of the molecule is O=C(c1ccccc1)N1CC[C@H]2COC(=O)N2c2ccccc2C1. The lowest BCUT2D eigenvalue weighted by Gasteiger charge is -2.32. The quantitative estimate of drug-likeness (QED) is 0.811. The van der Waals surface area contributed by atoms with Crippen LogP contribution >= 0.6 is 0 Å². The van der Waals surface area contributed by atoms with Crippen molar-refractivity contribution < 1.29 is 14.3 Å². The molecule has 2 aromatic carbocycles. The number of cyclic esters (lactones) is 1. The Balaban J connectivity index is 1.69. The molecule has 4 rings (SSSR count). The summed E-state index contributed by atoms with van der Waals surface area (Å²) in [5.74, 6) is 0.0177. The van der Waals surface area contributed by atoms with Gasteiger partial charge in [0.2, 0.25) is 0 Å². The normalized spacial score (nSPS) is 19.8. The molecule has 0 bridgehead atoms. The Morgan fingerprint density at radius 1 is 1.04 bits per heavy atom. The molecule has 1 atom stereocenters. The maximum absolute atomic E-state index is 12.8. The highest BCUT2D eigenvalue weighted by molar-refractivity contribution is 5.95. The van der Waals surface area contributed by atoms with Crippen molar-refractivity contribution in [3.8, 4) is 0 Å². The second-order valence-corrected chi connectivity index (χ2v) is 6.11. The average molecular weight is 322 g/mol. The number of ether oxygens (including phenoxy) is 1. The zero-order valence-corrected chi connectivity index (χ0v) is 13.2. The summed E-state index contributed by atoms with van der Waals surface area (Å²) < 4.78 is 5.23. The van der Waals surface area contributed by atoms with Gasteiger partial charge in [0.05, 0.1) is 11.7 Å². The van der Waals surface area contributed by atoms with E-state index < -0.39 is 0 Å². The van der Waals surface area contributed by atoms with Gasteiger partial charge in [-0.2, -0.15) is 0 Å². The molecule has 122 valence electrons. The van der Waals surface area contributed by atoms with Crippen molar-refractivity contribution in [2.24, 2.45) is 0 Å². The second kappa shape index (κ2) is 6.00. The van der Waals surface area contributed by atoms with Crippen molar-refractivity contribution in [1.82, 2.24) is 4.90 Å². The van der Waals surface area contributed by atoms with Gasteiger partial charge in [-0.05, 0) is 30.2 Å². The molecule has 0 saturated carbocycles. The number of carbonyl (C=O) groups excluding carboxylic acids is 2. The van der Waals surface area contributed by atoms with Crippen molar-refractivity contribution in [2.75, 3.05) is 18.1 Å². The van der Waals surface area contributed by atoms with Crippen LogP contribution in [0.3, 0.4) is 0 Å². The molecule has 5 nitrogen and oxygen atoms in total. The number of hydrogen-bond donors (Lipinski definition) is 0. The van der Waals surface area contributed by atoms with E-state index in [2.05, 4.69) is 0 Å². The van der Waals surface area contributed by atoms with E-state index in [1.165, 1.54) is 0 Å². The summed E-state index contributed by atoms with van der Waals surface area (Å²) in [6.45, 7) is 1.46. The molecular weight excluding hydrogens is 304 g/mol. The number of benzene rings is 2. The smallest absolute Gasteiger partial charge is 0.414 e. The van der Waals surface area contributed by atoms with E-state index in [1.807, 2.05) is 59.5 Å². The lowest BCUT2D eigenvalue weighted by Crippen LogP contribution is -2.42. The number of para-hydroxylation sites is 1. The molecule has 2 heterocycles. The third-order valence-electron chi connectivity index (χ3n) is 4.61. The van der Waals surface area contributed by atoms with Crippen LogP contribution in [-0.4, -0.2) is 36.1 Å². The Kier molecular flexibility index (Phi) is 3.69. The van der Waals surface area contributed by atoms with E-state index in [0.29, 0.717) is 31.7 Å². The highest BCUT2D eigenvalue weighted by Gasteiger charge is 2.37. The minimum absolute atomic E-state index is 0.0177. The van der Waals surface area contributed by atoms with E-state index in [0.717, 1.165) is 11.3 Å². The fourth-order valence-corrected chi connectivity index (χ4v) is 3.37. The second-order valence-electron chi connectivity index (χ2n) is 6.11. The molecule has 0 radical (unpaired) electrons. The Bertz CT molecular complexity index is 775. The van der Waals surface area contributed by atoms with Crippen molar-refractivity contribution in [2.45, 2.75) is 19.0 Å². The summed E-state index contributed by atoms with van der Waals surface area (Å²) in [7, 11) is 0. The van der Waals surface area contributed by atoms with Crippen molar-refractivity contribution in [1.29, 1.82) is 0 Å². The lowest BCUT2D eigenvalue weighted by molar-refractivity contribution is 0.0734. The van der Waals surface area contributed by atoms with Crippen molar-refractivity contribution >= 4 is 17.7 Å². The predicted octanol–water partition coefficient (Wildman–Crippen LogP) is 3.06. The van der Waals surface area contributed by atoms with Crippen LogP contribution in [0.2, 0.25) is 0 Å². The number of amides is 2. The molecule has 1 fully saturated rings. The highest BCUT2D eigenvalue weighted by Crippen LogP contribution is 2.31. The fraction of sp³-hybridized carbons (Fsp3) is 0.263. The van der Waals surface area contributed by atoms with E-state index in [-0.39, 0.29) is 18.0 Å². The lowest BCUT2D eigenvalue weighted by atomic mass is 10.0. The van der Waals surface area contributed by atoms with Crippen LogP contribution in [0.1, 0.15) is 22.3 Å². The third-order valence-corrected chi connectivity index (χ3v) is 4.61. The first kappa shape index (κ1) is 14.8. The van der Waals surface area contributed by atoms with Crippen LogP contribution in [0.25, 0.3) is 0 Å². The zero-order chi connectivity index (χ0) is 16.5. The van der Waals surface area contributed by atoms with E-state index in [9.17, 15) is 9.59 Å². The molecule has 1 saturated heterocycles. The Morgan fingerprint density at radius 2 is 1.79 bits per heavy atom. The molecule has 0 unspecified atom stereocenters. The van der Waals surface area contributed by atoms with Gasteiger partial charge in [0.1, 0.15) is 6.61 Å². The molecule has 2 aliphatic heterocycles. The highest BCUT2D eigenvalue weighted by atomic mass is 16.6. The summed E-state index contributed by atoms with van der Waals surface area (Å²) in [6, 6.07) is 17.0. The monoisotopic (exact) mass is 322 g/mol. The number of anilines is 1. The first-order valence-corrected chi connectivity index (χ1v) is 8.12. The average Bonchev–Trinajstić information content (AvgIpc) is 2.97. The van der Waals surface area contributed by atoms with Gasteiger partial charge in [-0.25, -0.2) is 4.79 Å². The third kappa shape index (κ3) is 2.52. The van der Waals surface area contributed by atoms with Gasteiger partial charge in [0, 0.05) is 18.7 Å². The standard InChI is InChI=1S/C19H18N2O3/c22-18(14-6-2-1-3-7-14)20-11-10-16-13-24-19(23)21(16)17-9-5-4-8-15(17)12-20/h1-9,16H,10-13H2/t16-/m0/s1. The fourth-order valence-electron chi connectivity index (χ4n) is 3.37.